The lowest BCUT2D eigenvalue weighted by Crippen LogP contribution is -2.40. The van der Waals surface area contributed by atoms with Crippen LogP contribution in [0.2, 0.25) is 0 Å². The topological polar surface area (TPSA) is 58.4 Å². The van der Waals surface area contributed by atoms with E-state index < -0.39 is 6.10 Å². The first-order valence-corrected chi connectivity index (χ1v) is 9.05. The van der Waals surface area contributed by atoms with Gasteiger partial charge in [-0.3, -0.25) is 9.48 Å². The first-order chi connectivity index (χ1) is 12.0. The molecule has 1 amide bonds. The van der Waals surface area contributed by atoms with Gasteiger partial charge in [-0.05, 0) is 45.1 Å². The summed E-state index contributed by atoms with van der Waals surface area (Å²) in [6.45, 7) is 7.43. The fraction of sp³-hybridized carbons (Fsp3) is 0.500. The largest absolute Gasteiger partial charge is 0.388 e. The molecule has 1 unspecified atom stereocenters. The number of benzene rings is 1. The number of likely N-dealkylation sites (tertiary alicyclic amines) is 1. The number of piperidine rings is 1. The highest BCUT2D eigenvalue weighted by Crippen LogP contribution is 2.31. The van der Waals surface area contributed by atoms with Crippen molar-refractivity contribution < 1.29 is 9.90 Å². The molecule has 1 aliphatic rings. The molecule has 0 radical (unpaired) electrons. The second-order valence-electron chi connectivity index (χ2n) is 7.17. The van der Waals surface area contributed by atoms with Crippen molar-refractivity contribution in [2.45, 2.75) is 45.8 Å². The van der Waals surface area contributed by atoms with Gasteiger partial charge >= 0.3 is 0 Å². The molecule has 1 aromatic heterocycles. The SMILES string of the molecule is Cc1c(C(=O)N2CCC(C(O)c3ccccc3)CC2)cnn1C(C)C. The quantitative estimate of drug-likeness (QED) is 0.928. The third-order valence-electron chi connectivity index (χ3n) is 5.18. The Morgan fingerprint density at radius 2 is 1.84 bits per heavy atom. The first kappa shape index (κ1) is 17.7. The van der Waals surface area contributed by atoms with Gasteiger partial charge in [-0.25, -0.2) is 0 Å². The van der Waals surface area contributed by atoms with Crippen LogP contribution in [0.25, 0.3) is 0 Å². The van der Waals surface area contributed by atoms with E-state index in [0.717, 1.165) is 24.1 Å². The average molecular weight is 341 g/mol. The zero-order valence-corrected chi connectivity index (χ0v) is 15.2. The van der Waals surface area contributed by atoms with Crippen LogP contribution in [0, 0.1) is 12.8 Å². The summed E-state index contributed by atoms with van der Waals surface area (Å²) in [5.74, 6) is 0.253. The predicted molar refractivity (Wildman–Crippen MR) is 97.4 cm³/mol. The number of aromatic nitrogens is 2. The molecule has 2 heterocycles. The molecular formula is C20H27N3O2. The molecule has 0 aliphatic carbocycles. The highest BCUT2D eigenvalue weighted by atomic mass is 16.3. The van der Waals surface area contributed by atoms with Crippen LogP contribution in [0.15, 0.2) is 36.5 Å². The normalized spacial score (nSPS) is 17.1. The Kier molecular flexibility index (Phi) is 5.23. The van der Waals surface area contributed by atoms with Gasteiger partial charge in [0, 0.05) is 24.8 Å². The Bertz CT molecular complexity index is 716. The summed E-state index contributed by atoms with van der Waals surface area (Å²) in [6, 6.07) is 10.0. The highest BCUT2D eigenvalue weighted by molar-refractivity contribution is 5.95. The fourth-order valence-corrected chi connectivity index (χ4v) is 3.66. The summed E-state index contributed by atoms with van der Waals surface area (Å²) in [5, 5.41) is 14.9. The molecular weight excluding hydrogens is 314 g/mol. The molecule has 2 aromatic rings. The third kappa shape index (κ3) is 3.61. The van der Waals surface area contributed by atoms with E-state index in [1.807, 2.05) is 46.8 Å². The van der Waals surface area contributed by atoms with Crippen LogP contribution in [0.4, 0.5) is 0 Å². The van der Waals surface area contributed by atoms with Crippen LogP contribution in [0.5, 0.6) is 0 Å². The minimum atomic E-state index is -0.455. The van der Waals surface area contributed by atoms with Gasteiger partial charge in [0.1, 0.15) is 0 Å². The van der Waals surface area contributed by atoms with Gasteiger partial charge in [-0.15, -0.1) is 0 Å². The summed E-state index contributed by atoms with van der Waals surface area (Å²) < 4.78 is 1.89. The van der Waals surface area contributed by atoms with Crippen LogP contribution < -0.4 is 0 Å². The minimum Gasteiger partial charge on any atom is -0.388 e. The lowest BCUT2D eigenvalue weighted by Gasteiger charge is -2.34. The van der Waals surface area contributed by atoms with Gasteiger partial charge in [0.05, 0.1) is 17.9 Å². The Labute approximate surface area is 149 Å². The Morgan fingerprint density at radius 1 is 1.20 bits per heavy atom. The van der Waals surface area contributed by atoms with Gasteiger partial charge in [0.25, 0.3) is 5.91 Å². The molecule has 134 valence electrons. The summed E-state index contributed by atoms with van der Waals surface area (Å²) in [7, 11) is 0. The Morgan fingerprint density at radius 3 is 2.40 bits per heavy atom. The van der Waals surface area contributed by atoms with Gasteiger partial charge in [0.15, 0.2) is 0 Å². The van der Waals surface area contributed by atoms with Crippen LogP contribution in [-0.2, 0) is 0 Å². The molecule has 5 heteroatoms. The fourth-order valence-electron chi connectivity index (χ4n) is 3.66. The Balaban J connectivity index is 1.63. The zero-order chi connectivity index (χ0) is 18.0. The molecule has 0 spiro atoms. The van der Waals surface area contributed by atoms with Crippen molar-refractivity contribution in [1.82, 2.24) is 14.7 Å². The molecule has 5 nitrogen and oxygen atoms in total. The molecule has 0 bridgehead atoms. The molecule has 3 rings (SSSR count). The van der Waals surface area contributed by atoms with Crippen molar-refractivity contribution in [3.63, 3.8) is 0 Å². The molecule has 1 N–H and O–H groups in total. The van der Waals surface area contributed by atoms with E-state index in [1.165, 1.54) is 0 Å². The maximum Gasteiger partial charge on any atom is 0.257 e. The second-order valence-corrected chi connectivity index (χ2v) is 7.17. The van der Waals surface area contributed by atoms with E-state index in [0.29, 0.717) is 18.7 Å². The number of carbonyl (C=O) groups excluding carboxylic acids is 1. The van der Waals surface area contributed by atoms with E-state index in [-0.39, 0.29) is 17.9 Å². The van der Waals surface area contributed by atoms with E-state index in [9.17, 15) is 9.90 Å². The number of carbonyl (C=O) groups is 1. The van der Waals surface area contributed by atoms with Gasteiger partial charge in [-0.2, -0.15) is 5.10 Å². The molecule has 0 saturated carbocycles. The van der Waals surface area contributed by atoms with Crippen LogP contribution >= 0.6 is 0 Å². The summed E-state index contributed by atoms with van der Waals surface area (Å²) in [6.07, 6.45) is 2.87. The smallest absolute Gasteiger partial charge is 0.257 e. The number of hydrogen-bond donors (Lipinski definition) is 1. The van der Waals surface area contributed by atoms with E-state index >= 15 is 0 Å². The van der Waals surface area contributed by atoms with Crippen molar-refractivity contribution >= 4 is 5.91 Å². The van der Waals surface area contributed by atoms with Crippen molar-refractivity contribution in [1.29, 1.82) is 0 Å². The number of rotatable bonds is 4. The maximum atomic E-state index is 12.8. The standard InChI is InChI=1S/C20H27N3O2/c1-14(2)23-15(3)18(13-21-23)20(25)22-11-9-17(10-12-22)19(24)16-7-5-4-6-8-16/h4-8,13-14,17,19,24H,9-12H2,1-3H3. The number of nitrogens with zero attached hydrogens (tertiary/aromatic N) is 3. The van der Waals surface area contributed by atoms with Gasteiger partial charge in [-0.1, -0.05) is 30.3 Å². The summed E-state index contributed by atoms with van der Waals surface area (Å²) >= 11 is 0. The van der Waals surface area contributed by atoms with Crippen molar-refractivity contribution in [3.8, 4) is 0 Å². The van der Waals surface area contributed by atoms with Crippen LogP contribution in [0.3, 0.4) is 0 Å². The molecule has 1 saturated heterocycles. The summed E-state index contributed by atoms with van der Waals surface area (Å²) in [4.78, 5) is 14.7. The first-order valence-electron chi connectivity index (χ1n) is 9.05. The molecule has 1 atom stereocenters. The molecule has 1 aliphatic heterocycles. The van der Waals surface area contributed by atoms with Crippen molar-refractivity contribution in [2.75, 3.05) is 13.1 Å². The van der Waals surface area contributed by atoms with E-state index in [1.54, 1.807) is 6.20 Å². The number of amides is 1. The maximum absolute atomic E-state index is 12.8. The van der Waals surface area contributed by atoms with Crippen LogP contribution in [-0.4, -0.2) is 38.8 Å². The lowest BCUT2D eigenvalue weighted by molar-refractivity contribution is 0.0461. The number of aliphatic hydroxyl groups is 1. The van der Waals surface area contributed by atoms with Gasteiger partial charge in [0.2, 0.25) is 0 Å². The van der Waals surface area contributed by atoms with Crippen molar-refractivity contribution in [2.24, 2.45) is 5.92 Å². The predicted octanol–water partition coefficient (Wildman–Crippen LogP) is 3.36. The van der Waals surface area contributed by atoms with E-state index in [2.05, 4.69) is 18.9 Å². The molecule has 1 fully saturated rings. The molecule has 1 aromatic carbocycles. The van der Waals surface area contributed by atoms with E-state index in [4.69, 9.17) is 0 Å². The number of hydrogen-bond acceptors (Lipinski definition) is 3. The second kappa shape index (κ2) is 7.40. The van der Waals surface area contributed by atoms with Crippen LogP contribution in [0.1, 0.15) is 60.5 Å². The zero-order valence-electron chi connectivity index (χ0n) is 15.2. The minimum absolute atomic E-state index is 0.0528. The summed E-state index contributed by atoms with van der Waals surface area (Å²) in [5.41, 5.74) is 2.57. The molecule has 25 heavy (non-hydrogen) atoms. The number of aliphatic hydroxyl groups excluding tert-OH is 1. The Hall–Kier alpha value is -2.14. The van der Waals surface area contributed by atoms with Crippen molar-refractivity contribution in [3.05, 3.63) is 53.3 Å². The monoisotopic (exact) mass is 341 g/mol. The lowest BCUT2D eigenvalue weighted by atomic mass is 9.87. The third-order valence-corrected chi connectivity index (χ3v) is 5.18. The average Bonchev–Trinajstić information content (AvgIpc) is 3.03. The van der Waals surface area contributed by atoms with Gasteiger partial charge < -0.3 is 10.0 Å². The highest BCUT2D eigenvalue weighted by Gasteiger charge is 2.30.